The van der Waals surface area contributed by atoms with E-state index in [0.717, 1.165) is 19.4 Å². The number of aliphatic hydroxyl groups is 1. The van der Waals surface area contributed by atoms with E-state index in [-0.39, 0.29) is 17.9 Å². The summed E-state index contributed by atoms with van der Waals surface area (Å²) in [6.07, 6.45) is 10.8. The van der Waals surface area contributed by atoms with Gasteiger partial charge < -0.3 is 14.9 Å². The van der Waals surface area contributed by atoms with E-state index >= 15 is 0 Å². The topological polar surface area (TPSA) is 60.9 Å². The number of rotatable bonds is 4. The largest absolute Gasteiger partial charge is 0.393 e. The maximum absolute atomic E-state index is 12.6. The third-order valence-corrected chi connectivity index (χ3v) is 5.67. The average Bonchev–Trinajstić information content (AvgIpc) is 2.61. The molecule has 0 aromatic heterocycles. The van der Waals surface area contributed by atoms with Crippen LogP contribution in [0.2, 0.25) is 0 Å². The Labute approximate surface area is 144 Å². The van der Waals surface area contributed by atoms with E-state index in [1.54, 1.807) is 0 Å². The highest BCUT2D eigenvalue weighted by molar-refractivity contribution is 5.80. The third-order valence-electron chi connectivity index (χ3n) is 5.67. The molecule has 0 bridgehead atoms. The lowest BCUT2D eigenvalue weighted by molar-refractivity contribution is -0.133. The van der Waals surface area contributed by atoms with E-state index in [1.165, 1.54) is 25.0 Å². The summed E-state index contributed by atoms with van der Waals surface area (Å²) in [4.78, 5) is 28.6. The molecule has 0 saturated carbocycles. The molecule has 2 heterocycles. The van der Waals surface area contributed by atoms with E-state index in [1.807, 2.05) is 9.80 Å². The standard InChI is InChI=1S/C19H30N2O3/c22-16-10-13-20(14-11-16)18(23)8-3-9-19(24)21-12-4-6-15-5-1-2-7-17(15)21/h7,15-16,22H,1-6,8-14H2. The molecule has 2 saturated heterocycles. The van der Waals surface area contributed by atoms with Crippen molar-refractivity contribution in [1.29, 1.82) is 0 Å². The lowest BCUT2D eigenvalue weighted by Crippen LogP contribution is -2.40. The molecule has 134 valence electrons. The highest BCUT2D eigenvalue weighted by atomic mass is 16.3. The Morgan fingerprint density at radius 1 is 1.00 bits per heavy atom. The van der Waals surface area contributed by atoms with Crippen LogP contribution in [-0.2, 0) is 9.59 Å². The normalized spacial score (nSPS) is 25.2. The maximum Gasteiger partial charge on any atom is 0.226 e. The van der Waals surface area contributed by atoms with Gasteiger partial charge in [-0.25, -0.2) is 0 Å². The van der Waals surface area contributed by atoms with E-state index < -0.39 is 0 Å². The first-order valence-corrected chi connectivity index (χ1v) is 9.61. The van der Waals surface area contributed by atoms with Crippen LogP contribution in [0.3, 0.4) is 0 Å². The lowest BCUT2D eigenvalue weighted by atomic mass is 9.85. The molecule has 0 radical (unpaired) electrons. The summed E-state index contributed by atoms with van der Waals surface area (Å²) in [6, 6.07) is 0. The second-order valence-electron chi connectivity index (χ2n) is 7.41. The van der Waals surface area contributed by atoms with Crippen LogP contribution in [0.4, 0.5) is 0 Å². The number of amides is 2. The van der Waals surface area contributed by atoms with Crippen molar-refractivity contribution in [2.45, 2.75) is 70.3 Å². The van der Waals surface area contributed by atoms with E-state index in [4.69, 9.17) is 0 Å². The van der Waals surface area contributed by atoms with Gasteiger partial charge in [0, 0.05) is 38.2 Å². The second kappa shape index (κ2) is 8.15. The summed E-state index contributed by atoms with van der Waals surface area (Å²) in [7, 11) is 0. The van der Waals surface area contributed by atoms with Crippen molar-refractivity contribution in [3.63, 3.8) is 0 Å². The van der Waals surface area contributed by atoms with Gasteiger partial charge in [-0.1, -0.05) is 6.08 Å². The number of carbonyl (C=O) groups is 2. The Morgan fingerprint density at radius 2 is 1.71 bits per heavy atom. The molecule has 2 fully saturated rings. The highest BCUT2D eigenvalue weighted by Crippen LogP contribution is 2.35. The molecule has 0 aromatic carbocycles. The number of carbonyl (C=O) groups excluding carboxylic acids is 2. The SMILES string of the molecule is O=C(CCCC(=O)N1CCCC2CCCC=C21)N1CCC(O)CC1. The molecule has 1 aliphatic carbocycles. The van der Waals surface area contributed by atoms with Gasteiger partial charge in [0.1, 0.15) is 0 Å². The molecular formula is C19H30N2O3. The smallest absolute Gasteiger partial charge is 0.226 e. The fourth-order valence-electron chi connectivity index (χ4n) is 4.24. The van der Waals surface area contributed by atoms with Crippen molar-refractivity contribution in [3.8, 4) is 0 Å². The molecule has 0 aromatic rings. The van der Waals surface area contributed by atoms with Crippen LogP contribution in [0, 0.1) is 5.92 Å². The van der Waals surface area contributed by atoms with Gasteiger partial charge in [0.2, 0.25) is 11.8 Å². The molecule has 1 atom stereocenters. The summed E-state index contributed by atoms with van der Waals surface area (Å²) >= 11 is 0. The molecule has 5 nitrogen and oxygen atoms in total. The van der Waals surface area contributed by atoms with Gasteiger partial charge in [0.15, 0.2) is 0 Å². The van der Waals surface area contributed by atoms with Gasteiger partial charge in [-0.3, -0.25) is 9.59 Å². The molecular weight excluding hydrogens is 304 g/mol. The number of hydrogen-bond acceptors (Lipinski definition) is 3. The summed E-state index contributed by atoms with van der Waals surface area (Å²) in [5.74, 6) is 0.899. The van der Waals surface area contributed by atoms with Crippen molar-refractivity contribution in [2.24, 2.45) is 5.92 Å². The van der Waals surface area contributed by atoms with Crippen LogP contribution in [-0.4, -0.2) is 52.5 Å². The Kier molecular flexibility index (Phi) is 5.93. The van der Waals surface area contributed by atoms with Crippen molar-refractivity contribution >= 4 is 11.8 Å². The molecule has 2 amide bonds. The van der Waals surface area contributed by atoms with Crippen LogP contribution in [0.5, 0.6) is 0 Å². The minimum absolute atomic E-state index is 0.128. The Morgan fingerprint density at radius 3 is 2.50 bits per heavy atom. The number of likely N-dealkylation sites (tertiary alicyclic amines) is 2. The molecule has 1 N–H and O–H groups in total. The molecule has 1 unspecified atom stereocenters. The first-order chi connectivity index (χ1) is 11.6. The highest BCUT2D eigenvalue weighted by Gasteiger charge is 2.30. The Bertz CT molecular complexity index is 495. The molecule has 3 rings (SSSR count). The molecule has 5 heteroatoms. The van der Waals surface area contributed by atoms with Gasteiger partial charge >= 0.3 is 0 Å². The maximum atomic E-state index is 12.6. The summed E-state index contributed by atoms with van der Waals surface area (Å²) in [5, 5.41) is 9.50. The Balaban J connectivity index is 1.43. The zero-order valence-electron chi connectivity index (χ0n) is 14.6. The van der Waals surface area contributed by atoms with Gasteiger partial charge in [-0.05, 0) is 57.3 Å². The van der Waals surface area contributed by atoms with Gasteiger partial charge in [0.05, 0.1) is 6.10 Å². The van der Waals surface area contributed by atoms with E-state index in [0.29, 0.717) is 51.1 Å². The second-order valence-corrected chi connectivity index (χ2v) is 7.41. The quantitative estimate of drug-likeness (QED) is 0.859. The fraction of sp³-hybridized carbons (Fsp3) is 0.789. The lowest BCUT2D eigenvalue weighted by Gasteiger charge is -2.38. The van der Waals surface area contributed by atoms with Crippen LogP contribution in [0.15, 0.2) is 11.8 Å². The zero-order chi connectivity index (χ0) is 16.9. The van der Waals surface area contributed by atoms with E-state index in [2.05, 4.69) is 6.08 Å². The van der Waals surface area contributed by atoms with Crippen molar-refractivity contribution in [1.82, 2.24) is 9.80 Å². The predicted octanol–water partition coefficient (Wildman–Crippen LogP) is 2.45. The minimum atomic E-state index is -0.258. The van der Waals surface area contributed by atoms with Crippen LogP contribution >= 0.6 is 0 Å². The predicted molar refractivity (Wildman–Crippen MR) is 92.0 cm³/mol. The van der Waals surface area contributed by atoms with Crippen molar-refractivity contribution in [2.75, 3.05) is 19.6 Å². The first-order valence-electron chi connectivity index (χ1n) is 9.61. The fourth-order valence-corrected chi connectivity index (χ4v) is 4.24. The number of nitrogens with zero attached hydrogens (tertiary/aromatic N) is 2. The van der Waals surface area contributed by atoms with Gasteiger partial charge in [-0.15, -0.1) is 0 Å². The summed E-state index contributed by atoms with van der Waals surface area (Å²) < 4.78 is 0. The van der Waals surface area contributed by atoms with E-state index in [9.17, 15) is 14.7 Å². The number of fused-ring (bicyclic) bond motifs is 1. The molecule has 2 aliphatic heterocycles. The van der Waals surface area contributed by atoms with Crippen LogP contribution in [0.1, 0.15) is 64.2 Å². The third kappa shape index (κ3) is 4.18. The van der Waals surface area contributed by atoms with Gasteiger partial charge in [0.25, 0.3) is 0 Å². The Hall–Kier alpha value is -1.36. The number of aliphatic hydroxyl groups excluding tert-OH is 1. The van der Waals surface area contributed by atoms with Gasteiger partial charge in [-0.2, -0.15) is 0 Å². The average molecular weight is 334 g/mol. The summed E-state index contributed by atoms with van der Waals surface area (Å²) in [5.41, 5.74) is 1.26. The zero-order valence-corrected chi connectivity index (χ0v) is 14.6. The van der Waals surface area contributed by atoms with Crippen LogP contribution < -0.4 is 0 Å². The number of hydrogen-bond donors (Lipinski definition) is 1. The number of piperidine rings is 2. The molecule has 0 spiro atoms. The molecule has 3 aliphatic rings. The minimum Gasteiger partial charge on any atom is -0.393 e. The van der Waals surface area contributed by atoms with Crippen molar-refractivity contribution in [3.05, 3.63) is 11.8 Å². The monoisotopic (exact) mass is 334 g/mol. The van der Waals surface area contributed by atoms with Crippen molar-refractivity contribution < 1.29 is 14.7 Å². The number of allylic oxidation sites excluding steroid dienone is 2. The summed E-state index contributed by atoms with van der Waals surface area (Å²) in [6.45, 7) is 2.14. The molecule has 24 heavy (non-hydrogen) atoms. The van der Waals surface area contributed by atoms with Crippen LogP contribution in [0.25, 0.3) is 0 Å². The first kappa shape index (κ1) is 17.5.